The van der Waals surface area contributed by atoms with Gasteiger partial charge >= 0.3 is 0 Å². The molecule has 1 unspecified atom stereocenters. The smallest absolute Gasteiger partial charge is 0.220 e. The first-order valence-corrected chi connectivity index (χ1v) is 3.56. The molecule has 0 radical (unpaired) electrons. The third-order valence-electron chi connectivity index (χ3n) is 2.79. The van der Waals surface area contributed by atoms with Crippen molar-refractivity contribution in [2.45, 2.75) is 19.3 Å². The highest BCUT2D eigenvalue weighted by molar-refractivity contribution is 5.77. The number of rotatable bonds is 1. The molecule has 3 aliphatic carbocycles. The number of fused-ring (bicyclic) bond motifs is 1. The molecular weight excluding hydrogens is 114 g/mol. The molecule has 3 aliphatic rings. The fourth-order valence-electron chi connectivity index (χ4n) is 2.21. The summed E-state index contributed by atoms with van der Waals surface area (Å²) in [7, 11) is 0. The van der Waals surface area contributed by atoms with Crippen LogP contribution in [0.25, 0.3) is 0 Å². The van der Waals surface area contributed by atoms with E-state index in [1.807, 2.05) is 0 Å². The summed E-state index contributed by atoms with van der Waals surface area (Å²) in [5.74, 6) is 1.70. The second kappa shape index (κ2) is 1.49. The number of hydrogen-bond donors (Lipinski definition) is 1. The Morgan fingerprint density at radius 3 is 2.22 bits per heavy atom. The lowest BCUT2D eigenvalue weighted by atomic mass is 9.82. The summed E-state index contributed by atoms with van der Waals surface area (Å²) in [6.45, 7) is 0. The Hall–Kier alpha value is -0.530. The first-order chi connectivity index (χ1) is 4.27. The van der Waals surface area contributed by atoms with E-state index in [9.17, 15) is 4.79 Å². The van der Waals surface area contributed by atoms with Crippen molar-refractivity contribution in [2.75, 3.05) is 0 Å². The van der Waals surface area contributed by atoms with Crippen molar-refractivity contribution in [1.82, 2.24) is 0 Å². The Bertz CT molecular complexity index is 149. The lowest BCUT2D eigenvalue weighted by Gasteiger charge is -2.23. The van der Waals surface area contributed by atoms with Gasteiger partial charge in [-0.25, -0.2) is 0 Å². The van der Waals surface area contributed by atoms with Crippen LogP contribution in [0.4, 0.5) is 0 Å². The minimum atomic E-state index is -0.0694. The Morgan fingerprint density at radius 2 is 2.00 bits per heavy atom. The van der Waals surface area contributed by atoms with Gasteiger partial charge in [-0.05, 0) is 31.1 Å². The lowest BCUT2D eigenvalue weighted by Crippen LogP contribution is -2.25. The molecule has 50 valence electrons. The van der Waals surface area contributed by atoms with Gasteiger partial charge in [-0.15, -0.1) is 0 Å². The summed E-state index contributed by atoms with van der Waals surface area (Å²) < 4.78 is 0. The number of carbonyl (C=O) groups excluding carboxylic acids is 1. The van der Waals surface area contributed by atoms with Crippen molar-refractivity contribution in [3.63, 3.8) is 0 Å². The fourth-order valence-corrected chi connectivity index (χ4v) is 2.21. The van der Waals surface area contributed by atoms with Gasteiger partial charge in [0.15, 0.2) is 0 Å². The van der Waals surface area contributed by atoms with Crippen LogP contribution in [0.15, 0.2) is 0 Å². The van der Waals surface area contributed by atoms with Crippen molar-refractivity contribution in [3.05, 3.63) is 0 Å². The summed E-state index contributed by atoms with van der Waals surface area (Å²) in [6.07, 6.45) is 3.63. The maximum absolute atomic E-state index is 10.7. The standard InChI is InChI=1S/C7H11NO/c8-7(9)6-3-4-1-5(6)2-4/h4-6H,1-3H2,(H2,8,9). The van der Waals surface area contributed by atoms with E-state index >= 15 is 0 Å². The monoisotopic (exact) mass is 125 g/mol. The zero-order valence-corrected chi connectivity index (χ0v) is 5.34. The van der Waals surface area contributed by atoms with Crippen LogP contribution in [0, 0.1) is 17.8 Å². The number of primary amides is 1. The highest BCUT2D eigenvalue weighted by Crippen LogP contribution is 2.52. The average molecular weight is 125 g/mol. The van der Waals surface area contributed by atoms with Crippen LogP contribution in [0.2, 0.25) is 0 Å². The van der Waals surface area contributed by atoms with Crippen LogP contribution in [0.3, 0.4) is 0 Å². The average Bonchev–Trinajstić information content (AvgIpc) is 2.12. The summed E-state index contributed by atoms with van der Waals surface area (Å²) in [6, 6.07) is 0. The van der Waals surface area contributed by atoms with Gasteiger partial charge < -0.3 is 5.73 Å². The van der Waals surface area contributed by atoms with Crippen molar-refractivity contribution in [3.8, 4) is 0 Å². The SMILES string of the molecule is NC(=O)C1CC2CC1C2. The Balaban J connectivity index is 2.08. The number of amides is 1. The van der Waals surface area contributed by atoms with Gasteiger partial charge in [0.2, 0.25) is 5.91 Å². The largest absolute Gasteiger partial charge is 0.369 e. The van der Waals surface area contributed by atoms with Gasteiger partial charge in [-0.1, -0.05) is 0 Å². The molecule has 0 aromatic heterocycles. The van der Waals surface area contributed by atoms with Gasteiger partial charge in [0.1, 0.15) is 0 Å². The zero-order valence-electron chi connectivity index (χ0n) is 5.34. The van der Waals surface area contributed by atoms with Crippen molar-refractivity contribution in [2.24, 2.45) is 23.5 Å². The molecule has 3 fully saturated rings. The highest BCUT2D eigenvalue weighted by atomic mass is 16.1. The van der Waals surface area contributed by atoms with Crippen LogP contribution in [-0.4, -0.2) is 5.91 Å². The van der Waals surface area contributed by atoms with Crippen molar-refractivity contribution in [1.29, 1.82) is 0 Å². The van der Waals surface area contributed by atoms with Crippen LogP contribution in [-0.2, 0) is 4.79 Å². The third-order valence-corrected chi connectivity index (χ3v) is 2.79. The quantitative estimate of drug-likeness (QED) is 0.545. The van der Waals surface area contributed by atoms with E-state index in [0.29, 0.717) is 5.92 Å². The molecule has 0 aromatic rings. The predicted octanol–water partition coefficient (Wildman–Crippen LogP) is 0.518. The van der Waals surface area contributed by atoms with E-state index in [1.54, 1.807) is 0 Å². The fraction of sp³-hybridized carbons (Fsp3) is 0.857. The Morgan fingerprint density at radius 1 is 1.33 bits per heavy atom. The first-order valence-electron chi connectivity index (χ1n) is 3.56. The molecule has 0 heterocycles. The molecule has 0 saturated heterocycles. The maximum Gasteiger partial charge on any atom is 0.220 e. The van der Waals surface area contributed by atoms with Crippen LogP contribution in [0.1, 0.15) is 19.3 Å². The van der Waals surface area contributed by atoms with E-state index in [0.717, 1.165) is 12.3 Å². The number of carbonyl (C=O) groups is 1. The van der Waals surface area contributed by atoms with E-state index in [4.69, 9.17) is 5.73 Å². The molecule has 2 N–H and O–H groups in total. The first kappa shape index (κ1) is 5.27. The summed E-state index contributed by atoms with van der Waals surface area (Å²) >= 11 is 0. The normalized spacial score (nSPS) is 46.4. The molecule has 2 nitrogen and oxygen atoms in total. The molecule has 1 amide bonds. The van der Waals surface area contributed by atoms with E-state index in [1.165, 1.54) is 12.8 Å². The summed E-state index contributed by atoms with van der Waals surface area (Å²) in [4.78, 5) is 10.7. The van der Waals surface area contributed by atoms with Crippen LogP contribution < -0.4 is 5.73 Å². The number of nitrogens with two attached hydrogens (primary N) is 1. The molecule has 3 saturated carbocycles. The second-order valence-electron chi connectivity index (χ2n) is 3.34. The number of hydrogen-bond acceptors (Lipinski definition) is 1. The van der Waals surface area contributed by atoms with Crippen LogP contribution >= 0.6 is 0 Å². The minimum absolute atomic E-state index is 0.0694. The molecule has 2 bridgehead atoms. The topological polar surface area (TPSA) is 43.1 Å². The Kier molecular flexibility index (Phi) is 0.875. The van der Waals surface area contributed by atoms with Crippen molar-refractivity contribution < 1.29 is 4.79 Å². The predicted molar refractivity (Wildman–Crippen MR) is 33.5 cm³/mol. The van der Waals surface area contributed by atoms with E-state index in [2.05, 4.69) is 0 Å². The van der Waals surface area contributed by atoms with E-state index in [-0.39, 0.29) is 11.8 Å². The molecule has 0 spiro atoms. The molecule has 0 aromatic carbocycles. The van der Waals surface area contributed by atoms with E-state index < -0.39 is 0 Å². The van der Waals surface area contributed by atoms with Gasteiger partial charge in [0.05, 0.1) is 0 Å². The molecule has 0 aliphatic heterocycles. The highest BCUT2D eigenvalue weighted by Gasteiger charge is 2.46. The third kappa shape index (κ3) is 0.590. The molecular formula is C7H11NO. The van der Waals surface area contributed by atoms with Gasteiger partial charge in [0.25, 0.3) is 0 Å². The maximum atomic E-state index is 10.7. The van der Waals surface area contributed by atoms with Crippen LogP contribution in [0.5, 0.6) is 0 Å². The van der Waals surface area contributed by atoms with Gasteiger partial charge in [-0.2, -0.15) is 0 Å². The molecule has 2 heteroatoms. The van der Waals surface area contributed by atoms with Crippen molar-refractivity contribution >= 4 is 5.91 Å². The lowest BCUT2D eigenvalue weighted by molar-refractivity contribution is -0.122. The summed E-state index contributed by atoms with van der Waals surface area (Å²) in [5.41, 5.74) is 5.18. The second-order valence-corrected chi connectivity index (χ2v) is 3.34. The minimum Gasteiger partial charge on any atom is -0.369 e. The molecule has 3 rings (SSSR count). The zero-order chi connectivity index (χ0) is 6.43. The van der Waals surface area contributed by atoms with Gasteiger partial charge in [0, 0.05) is 5.92 Å². The summed E-state index contributed by atoms with van der Waals surface area (Å²) in [5, 5.41) is 0. The molecule has 1 atom stereocenters. The molecule has 9 heavy (non-hydrogen) atoms. The Labute approximate surface area is 54.4 Å². The van der Waals surface area contributed by atoms with Gasteiger partial charge in [-0.3, -0.25) is 4.79 Å².